The number of aromatic nitrogens is 1. The van der Waals surface area contributed by atoms with Crippen LogP contribution >= 0.6 is 34.5 Å². The van der Waals surface area contributed by atoms with Gasteiger partial charge in [-0.1, -0.05) is 67.4 Å². The summed E-state index contributed by atoms with van der Waals surface area (Å²) in [4.78, 5) is 16.6. The summed E-state index contributed by atoms with van der Waals surface area (Å²) in [7, 11) is 0. The molecule has 3 aromatic rings. The van der Waals surface area contributed by atoms with Gasteiger partial charge in [0.2, 0.25) is 5.91 Å². The first-order chi connectivity index (χ1) is 12.2. The Kier molecular flexibility index (Phi) is 5.37. The zero-order valence-corrected chi connectivity index (χ0v) is 17.0. The number of carbonyl (C=O) groups is 1. The van der Waals surface area contributed by atoms with Gasteiger partial charge < -0.3 is 0 Å². The first-order valence-electron chi connectivity index (χ1n) is 8.07. The lowest BCUT2D eigenvalue weighted by molar-refractivity contribution is -0.111. The van der Waals surface area contributed by atoms with Crippen molar-refractivity contribution in [3.8, 4) is 0 Å². The average Bonchev–Trinajstić information content (AvgIpc) is 2.96. The monoisotopic (exact) mass is 404 g/mol. The highest BCUT2D eigenvalue weighted by atomic mass is 35.5. The second kappa shape index (κ2) is 7.39. The Labute approximate surface area is 166 Å². The second-order valence-corrected chi connectivity index (χ2v) is 8.79. The Morgan fingerprint density at radius 3 is 2.58 bits per heavy atom. The van der Waals surface area contributed by atoms with E-state index in [1.165, 1.54) is 23.0 Å². The minimum Gasteiger partial charge on any atom is -0.298 e. The quantitative estimate of drug-likeness (QED) is 0.502. The lowest BCUT2D eigenvalue weighted by atomic mass is 9.87. The normalized spacial score (nSPS) is 12.0. The topological polar surface area (TPSA) is 42.0 Å². The van der Waals surface area contributed by atoms with E-state index in [0.29, 0.717) is 15.2 Å². The third-order valence-corrected chi connectivity index (χ3v) is 5.53. The lowest BCUT2D eigenvalue weighted by Gasteiger charge is -2.18. The molecule has 0 unspecified atom stereocenters. The van der Waals surface area contributed by atoms with Crippen LogP contribution < -0.4 is 5.32 Å². The average molecular weight is 405 g/mol. The molecule has 0 fully saturated rings. The SMILES string of the molecule is CC(C)(C)c1ccc2nc(NC(=O)/C=C/c3ccc(Cl)c(Cl)c3)sc2c1. The summed E-state index contributed by atoms with van der Waals surface area (Å²) in [5.74, 6) is -0.244. The molecule has 0 saturated carbocycles. The van der Waals surface area contributed by atoms with Crippen LogP contribution in [0, 0.1) is 0 Å². The van der Waals surface area contributed by atoms with Gasteiger partial charge in [0.05, 0.1) is 20.3 Å². The van der Waals surface area contributed by atoms with Crippen molar-refractivity contribution < 1.29 is 4.79 Å². The molecule has 3 nitrogen and oxygen atoms in total. The van der Waals surface area contributed by atoms with Crippen molar-refractivity contribution in [3.05, 3.63) is 63.6 Å². The van der Waals surface area contributed by atoms with Crippen molar-refractivity contribution in [2.24, 2.45) is 0 Å². The van der Waals surface area contributed by atoms with Gasteiger partial charge in [-0.05, 0) is 46.9 Å². The zero-order valence-electron chi connectivity index (χ0n) is 14.6. The number of hydrogen-bond donors (Lipinski definition) is 1. The molecule has 0 bridgehead atoms. The molecule has 134 valence electrons. The highest BCUT2D eigenvalue weighted by Gasteiger charge is 2.15. The largest absolute Gasteiger partial charge is 0.298 e. The molecule has 0 radical (unpaired) electrons. The number of thiazole rings is 1. The number of anilines is 1. The smallest absolute Gasteiger partial charge is 0.250 e. The fourth-order valence-electron chi connectivity index (χ4n) is 2.38. The summed E-state index contributed by atoms with van der Waals surface area (Å²) >= 11 is 13.3. The van der Waals surface area contributed by atoms with E-state index < -0.39 is 0 Å². The van der Waals surface area contributed by atoms with Gasteiger partial charge in [0.1, 0.15) is 0 Å². The molecule has 0 aliphatic heterocycles. The molecule has 2 aromatic carbocycles. The number of rotatable bonds is 3. The molecule has 0 aliphatic rings. The summed E-state index contributed by atoms with van der Waals surface area (Å²) in [5, 5.41) is 4.32. The minimum atomic E-state index is -0.244. The Bertz CT molecular complexity index is 1000. The van der Waals surface area contributed by atoms with Crippen LogP contribution in [0.3, 0.4) is 0 Å². The number of carbonyl (C=O) groups excluding carboxylic acids is 1. The van der Waals surface area contributed by atoms with Crippen LogP contribution in [0.5, 0.6) is 0 Å². The first kappa shape index (κ1) is 18.9. The van der Waals surface area contributed by atoms with E-state index in [2.05, 4.69) is 43.2 Å². The van der Waals surface area contributed by atoms with E-state index in [9.17, 15) is 4.79 Å². The first-order valence-corrected chi connectivity index (χ1v) is 9.65. The van der Waals surface area contributed by atoms with Crippen molar-refractivity contribution in [3.63, 3.8) is 0 Å². The maximum atomic E-state index is 12.2. The third kappa shape index (κ3) is 4.44. The number of benzene rings is 2. The van der Waals surface area contributed by atoms with E-state index in [-0.39, 0.29) is 11.3 Å². The van der Waals surface area contributed by atoms with Crippen molar-refractivity contribution in [1.29, 1.82) is 0 Å². The van der Waals surface area contributed by atoms with Gasteiger partial charge in [0.25, 0.3) is 0 Å². The third-order valence-electron chi connectivity index (χ3n) is 3.86. The van der Waals surface area contributed by atoms with Crippen molar-refractivity contribution >= 4 is 61.9 Å². The van der Waals surface area contributed by atoms with Gasteiger partial charge in [-0.3, -0.25) is 10.1 Å². The molecule has 3 rings (SSSR count). The van der Waals surface area contributed by atoms with Crippen LogP contribution in [0.15, 0.2) is 42.5 Å². The van der Waals surface area contributed by atoms with Crippen LogP contribution in [0.4, 0.5) is 5.13 Å². The Hall–Kier alpha value is -1.88. The molecule has 1 aromatic heterocycles. The minimum absolute atomic E-state index is 0.0736. The fraction of sp³-hybridized carbons (Fsp3) is 0.200. The van der Waals surface area contributed by atoms with Crippen molar-refractivity contribution in [2.75, 3.05) is 5.32 Å². The molecular weight excluding hydrogens is 387 g/mol. The summed E-state index contributed by atoms with van der Waals surface area (Å²) in [6.07, 6.45) is 3.13. The van der Waals surface area contributed by atoms with E-state index in [0.717, 1.165) is 15.8 Å². The van der Waals surface area contributed by atoms with E-state index >= 15 is 0 Å². The standard InChI is InChI=1S/C20H18Cl2N2OS/c1-20(2,3)13-6-8-16-17(11-13)26-19(23-16)24-18(25)9-5-12-4-7-14(21)15(22)10-12/h4-11H,1-3H3,(H,23,24,25)/b9-5+. The Morgan fingerprint density at radius 2 is 1.88 bits per heavy atom. The van der Waals surface area contributed by atoms with Gasteiger partial charge in [-0.2, -0.15) is 0 Å². The second-order valence-electron chi connectivity index (χ2n) is 6.95. The van der Waals surface area contributed by atoms with Gasteiger partial charge in [0.15, 0.2) is 5.13 Å². The number of nitrogens with one attached hydrogen (secondary N) is 1. The van der Waals surface area contributed by atoms with Crippen LogP contribution in [-0.2, 0) is 10.2 Å². The number of nitrogens with zero attached hydrogens (tertiary/aromatic N) is 1. The summed E-state index contributed by atoms with van der Waals surface area (Å²) < 4.78 is 1.06. The molecule has 0 spiro atoms. The molecule has 26 heavy (non-hydrogen) atoms. The van der Waals surface area contributed by atoms with Gasteiger partial charge >= 0.3 is 0 Å². The lowest BCUT2D eigenvalue weighted by Crippen LogP contribution is -2.10. The molecule has 6 heteroatoms. The van der Waals surface area contributed by atoms with Crippen LogP contribution in [0.25, 0.3) is 16.3 Å². The molecule has 1 heterocycles. The van der Waals surface area contributed by atoms with E-state index in [1.54, 1.807) is 24.3 Å². The predicted octanol–water partition coefficient (Wildman–Crippen LogP) is 6.55. The van der Waals surface area contributed by atoms with Crippen molar-refractivity contribution in [1.82, 2.24) is 4.98 Å². The Morgan fingerprint density at radius 1 is 1.12 bits per heavy atom. The number of fused-ring (bicyclic) bond motifs is 1. The fourth-order valence-corrected chi connectivity index (χ4v) is 3.59. The zero-order chi connectivity index (χ0) is 18.9. The van der Waals surface area contributed by atoms with Crippen LogP contribution in [0.1, 0.15) is 31.9 Å². The maximum Gasteiger partial charge on any atom is 0.250 e. The summed E-state index contributed by atoms with van der Waals surface area (Å²) in [5.41, 5.74) is 3.00. The van der Waals surface area contributed by atoms with Crippen LogP contribution in [0.2, 0.25) is 10.0 Å². The predicted molar refractivity (Wildman–Crippen MR) is 112 cm³/mol. The number of amides is 1. The summed E-state index contributed by atoms with van der Waals surface area (Å²) in [6, 6.07) is 11.4. The Balaban J connectivity index is 1.74. The number of halogens is 2. The van der Waals surface area contributed by atoms with E-state index in [4.69, 9.17) is 23.2 Å². The molecular formula is C20H18Cl2N2OS. The van der Waals surface area contributed by atoms with Crippen molar-refractivity contribution in [2.45, 2.75) is 26.2 Å². The highest BCUT2D eigenvalue weighted by molar-refractivity contribution is 7.22. The van der Waals surface area contributed by atoms with Gasteiger partial charge in [-0.25, -0.2) is 4.98 Å². The molecule has 1 amide bonds. The van der Waals surface area contributed by atoms with E-state index in [1.807, 2.05) is 6.07 Å². The summed E-state index contributed by atoms with van der Waals surface area (Å²) in [6.45, 7) is 6.52. The van der Waals surface area contributed by atoms with Crippen LogP contribution in [-0.4, -0.2) is 10.9 Å². The van der Waals surface area contributed by atoms with Gasteiger partial charge in [-0.15, -0.1) is 0 Å². The molecule has 0 saturated heterocycles. The highest BCUT2D eigenvalue weighted by Crippen LogP contribution is 2.31. The molecule has 0 aliphatic carbocycles. The molecule has 0 atom stereocenters. The molecule has 1 N–H and O–H groups in total. The number of hydrogen-bond acceptors (Lipinski definition) is 3. The van der Waals surface area contributed by atoms with Gasteiger partial charge in [0, 0.05) is 6.08 Å². The maximum absolute atomic E-state index is 12.2.